The van der Waals surface area contributed by atoms with Crippen LogP contribution in [0, 0.1) is 0 Å². The molecule has 0 atom stereocenters. The van der Waals surface area contributed by atoms with E-state index in [1.165, 1.54) is 11.8 Å². The van der Waals surface area contributed by atoms with Crippen molar-refractivity contribution < 1.29 is 31.0 Å². The zero-order valence-corrected chi connectivity index (χ0v) is 15.4. The van der Waals surface area contributed by atoms with Gasteiger partial charge in [-0.2, -0.15) is 0 Å². The van der Waals surface area contributed by atoms with Gasteiger partial charge in [-0.15, -0.1) is 0 Å². The molecule has 0 radical (unpaired) electrons. The molecule has 3 aromatic rings. The number of hydrogen-bond donors (Lipinski definition) is 0. The van der Waals surface area contributed by atoms with Gasteiger partial charge in [0.25, 0.3) is 5.56 Å². The topological polar surface area (TPSA) is 34.9 Å². The second kappa shape index (κ2) is 6.97. The van der Waals surface area contributed by atoms with E-state index in [-0.39, 0.29) is 36.5 Å². The Kier molecular flexibility index (Phi) is 5.49. The second-order valence-electron chi connectivity index (χ2n) is 4.77. The molecule has 21 heavy (non-hydrogen) atoms. The quantitative estimate of drug-likeness (QED) is 0.311. The van der Waals surface area contributed by atoms with Crippen molar-refractivity contribution in [3.05, 3.63) is 46.8 Å². The number of rotatable bonds is 3. The van der Waals surface area contributed by atoms with Crippen molar-refractivity contribution in [1.29, 1.82) is 0 Å². The van der Waals surface area contributed by atoms with Crippen LogP contribution in [0.5, 0.6) is 0 Å². The zero-order chi connectivity index (χ0) is 14.1. The summed E-state index contributed by atoms with van der Waals surface area (Å²) in [6, 6.07) is 12.0. The molecule has 3 rings (SSSR count). The van der Waals surface area contributed by atoms with Gasteiger partial charge >= 0.3 is 29.6 Å². The van der Waals surface area contributed by atoms with Gasteiger partial charge in [-0.25, -0.2) is 4.98 Å². The van der Waals surface area contributed by atoms with E-state index in [2.05, 4.69) is 11.9 Å². The van der Waals surface area contributed by atoms with Crippen molar-refractivity contribution in [3.63, 3.8) is 0 Å². The molecule has 5 heteroatoms. The molecule has 0 bridgehead atoms. The summed E-state index contributed by atoms with van der Waals surface area (Å²) in [6.45, 7) is 2.78. The minimum Gasteiger partial charge on any atom is -1.00 e. The van der Waals surface area contributed by atoms with Crippen LogP contribution in [0.2, 0.25) is 0 Å². The van der Waals surface area contributed by atoms with Crippen LogP contribution in [-0.2, 0) is 6.54 Å². The average Bonchev–Trinajstić information content (AvgIpc) is 2.48. The monoisotopic (exact) mass is 308 g/mol. The Morgan fingerprint density at radius 1 is 1.24 bits per heavy atom. The fourth-order valence-electron chi connectivity index (χ4n) is 2.46. The number of aromatic nitrogens is 2. The van der Waals surface area contributed by atoms with Crippen molar-refractivity contribution in [2.75, 3.05) is 6.26 Å². The van der Waals surface area contributed by atoms with Crippen molar-refractivity contribution in [1.82, 2.24) is 9.55 Å². The molecule has 0 spiro atoms. The van der Waals surface area contributed by atoms with E-state index >= 15 is 0 Å². The summed E-state index contributed by atoms with van der Waals surface area (Å²) in [4.78, 5) is 17.3. The van der Waals surface area contributed by atoms with Gasteiger partial charge in [0, 0.05) is 6.54 Å². The Balaban J connectivity index is 0.00000121. The molecule has 0 aliphatic carbocycles. The van der Waals surface area contributed by atoms with E-state index in [4.69, 9.17) is 0 Å². The molecule has 0 fully saturated rings. The van der Waals surface area contributed by atoms with Crippen LogP contribution in [-0.4, -0.2) is 15.8 Å². The summed E-state index contributed by atoms with van der Waals surface area (Å²) < 4.78 is 1.78. The molecule has 0 amide bonds. The molecule has 0 saturated carbocycles. The minimum atomic E-state index is 0. The van der Waals surface area contributed by atoms with Crippen LogP contribution in [0.3, 0.4) is 0 Å². The maximum absolute atomic E-state index is 12.7. The van der Waals surface area contributed by atoms with Crippen LogP contribution in [0.15, 0.2) is 46.3 Å². The number of thioether (sulfide) groups is 1. The molecule has 2 aromatic carbocycles. The minimum absolute atomic E-state index is 0. The van der Waals surface area contributed by atoms with E-state index in [1.54, 1.807) is 4.57 Å². The van der Waals surface area contributed by atoms with Crippen LogP contribution >= 0.6 is 11.8 Å². The van der Waals surface area contributed by atoms with Crippen LogP contribution in [0.4, 0.5) is 0 Å². The normalized spacial score (nSPS) is 10.8. The van der Waals surface area contributed by atoms with E-state index in [9.17, 15) is 4.79 Å². The third-order valence-electron chi connectivity index (χ3n) is 3.42. The second-order valence-corrected chi connectivity index (χ2v) is 5.55. The maximum Gasteiger partial charge on any atom is 1.00 e. The van der Waals surface area contributed by atoms with Crippen molar-refractivity contribution in [3.8, 4) is 0 Å². The molecule has 0 unspecified atom stereocenters. The SMILES string of the molecule is CCCn1c(SC)nc2cc3ccccc3cc2c1=O.[H-].[Na+]. The van der Waals surface area contributed by atoms with Crippen LogP contribution < -0.4 is 35.1 Å². The number of nitrogens with zero attached hydrogens (tertiary/aromatic N) is 2. The average molecular weight is 308 g/mol. The first-order chi connectivity index (χ1) is 9.74. The van der Waals surface area contributed by atoms with Gasteiger partial charge in [-0.1, -0.05) is 43.0 Å². The number of fused-ring (bicyclic) bond motifs is 2. The van der Waals surface area contributed by atoms with E-state index in [0.717, 1.165) is 27.9 Å². The third-order valence-corrected chi connectivity index (χ3v) is 4.09. The summed E-state index contributed by atoms with van der Waals surface area (Å²) in [5.74, 6) is 0. The Labute approximate surface area is 151 Å². The summed E-state index contributed by atoms with van der Waals surface area (Å²) in [5, 5.41) is 3.70. The summed E-state index contributed by atoms with van der Waals surface area (Å²) in [6.07, 6.45) is 2.88. The molecule has 104 valence electrons. The summed E-state index contributed by atoms with van der Waals surface area (Å²) in [5.41, 5.74) is 0.845. The summed E-state index contributed by atoms with van der Waals surface area (Å²) >= 11 is 1.52. The van der Waals surface area contributed by atoms with Gasteiger partial charge in [0.05, 0.1) is 10.9 Å². The van der Waals surface area contributed by atoms with Gasteiger partial charge < -0.3 is 1.43 Å². The van der Waals surface area contributed by atoms with E-state index in [1.807, 2.05) is 42.7 Å². The Morgan fingerprint density at radius 2 is 1.90 bits per heavy atom. The number of benzene rings is 2. The third kappa shape index (κ3) is 3.04. The van der Waals surface area contributed by atoms with E-state index < -0.39 is 0 Å². The fraction of sp³-hybridized carbons (Fsp3) is 0.250. The standard InChI is InChI=1S/C16H16N2OS.Na.H/c1-3-8-18-15(19)13-9-11-6-4-5-7-12(11)10-14(13)17-16(18)20-2;;/h4-7,9-10H,3,8H2,1-2H3;;/q;+1;-1. The molecule has 1 heterocycles. The molecular formula is C16H17N2NaOS. The van der Waals surface area contributed by atoms with Gasteiger partial charge in [-0.05, 0) is 35.6 Å². The molecular weight excluding hydrogens is 291 g/mol. The van der Waals surface area contributed by atoms with Gasteiger partial charge in [0.15, 0.2) is 5.16 Å². The Hall–Kier alpha value is -0.810. The van der Waals surface area contributed by atoms with E-state index in [0.29, 0.717) is 11.9 Å². The maximum atomic E-state index is 12.7. The smallest absolute Gasteiger partial charge is 1.00 e. The largest absolute Gasteiger partial charge is 1.00 e. The Bertz CT molecular complexity index is 851. The predicted molar refractivity (Wildman–Crippen MR) is 86.7 cm³/mol. The van der Waals surface area contributed by atoms with Crippen LogP contribution in [0.25, 0.3) is 21.7 Å². The van der Waals surface area contributed by atoms with Crippen LogP contribution in [0.1, 0.15) is 14.8 Å². The summed E-state index contributed by atoms with van der Waals surface area (Å²) in [7, 11) is 0. The molecule has 0 saturated heterocycles. The predicted octanol–water partition coefficient (Wildman–Crippen LogP) is 0.798. The molecule has 0 aliphatic heterocycles. The van der Waals surface area contributed by atoms with Crippen molar-refractivity contribution >= 4 is 33.4 Å². The van der Waals surface area contributed by atoms with Gasteiger partial charge in [-0.3, -0.25) is 9.36 Å². The van der Waals surface area contributed by atoms with Crippen molar-refractivity contribution in [2.24, 2.45) is 0 Å². The molecule has 0 aliphatic rings. The van der Waals surface area contributed by atoms with Gasteiger partial charge in [0.2, 0.25) is 0 Å². The molecule has 1 aromatic heterocycles. The van der Waals surface area contributed by atoms with Crippen molar-refractivity contribution in [2.45, 2.75) is 25.0 Å². The number of hydrogen-bond acceptors (Lipinski definition) is 3. The van der Waals surface area contributed by atoms with Gasteiger partial charge in [0.1, 0.15) is 0 Å². The fourth-order valence-corrected chi connectivity index (χ4v) is 3.05. The first-order valence-electron chi connectivity index (χ1n) is 6.72. The molecule has 0 N–H and O–H groups in total. The first kappa shape index (κ1) is 16.6. The Morgan fingerprint density at radius 3 is 2.52 bits per heavy atom. The first-order valence-corrected chi connectivity index (χ1v) is 7.94. The zero-order valence-electron chi connectivity index (χ0n) is 13.6. The molecule has 3 nitrogen and oxygen atoms in total.